The number of fused-ring (bicyclic) bond motifs is 1. The lowest BCUT2D eigenvalue weighted by molar-refractivity contribution is 0.260. The van der Waals surface area contributed by atoms with Crippen LogP contribution in [-0.2, 0) is 13.1 Å². The minimum atomic E-state index is -0.164. The number of likely N-dealkylation sites (N-methyl/N-ethyl adjacent to an activating group) is 1. The summed E-state index contributed by atoms with van der Waals surface area (Å²) >= 11 is 0. The van der Waals surface area contributed by atoms with Crippen molar-refractivity contribution in [3.05, 3.63) is 29.1 Å². The van der Waals surface area contributed by atoms with E-state index in [1.165, 1.54) is 6.07 Å². The second-order valence-electron chi connectivity index (χ2n) is 4.30. The Labute approximate surface area is 95.2 Å². The van der Waals surface area contributed by atoms with Gasteiger partial charge >= 0.3 is 0 Å². The van der Waals surface area contributed by atoms with Crippen molar-refractivity contribution in [2.75, 3.05) is 27.2 Å². The van der Waals surface area contributed by atoms with Crippen molar-refractivity contribution < 1.29 is 9.13 Å². The van der Waals surface area contributed by atoms with E-state index in [1.807, 2.05) is 25.1 Å². The maximum absolute atomic E-state index is 13.6. The van der Waals surface area contributed by atoms with Gasteiger partial charge in [-0.25, -0.2) is 4.39 Å². The molecule has 1 aromatic carbocycles. The van der Waals surface area contributed by atoms with Crippen LogP contribution in [0.25, 0.3) is 0 Å². The first-order valence-corrected chi connectivity index (χ1v) is 5.46. The SMILES string of the molecule is CN(C)CCOc1cc(F)c2c(c1)CNC2. The van der Waals surface area contributed by atoms with Gasteiger partial charge in [-0.3, -0.25) is 0 Å². The predicted molar refractivity (Wildman–Crippen MR) is 61.0 cm³/mol. The first-order chi connectivity index (χ1) is 7.66. The molecule has 0 saturated heterocycles. The van der Waals surface area contributed by atoms with Gasteiger partial charge in [-0.1, -0.05) is 0 Å². The van der Waals surface area contributed by atoms with Crippen molar-refractivity contribution in [3.8, 4) is 5.75 Å². The molecule has 0 bridgehead atoms. The fourth-order valence-electron chi connectivity index (χ4n) is 1.77. The van der Waals surface area contributed by atoms with E-state index in [4.69, 9.17) is 4.74 Å². The highest BCUT2D eigenvalue weighted by Crippen LogP contribution is 2.24. The Morgan fingerprint density at radius 3 is 2.94 bits per heavy atom. The van der Waals surface area contributed by atoms with Crippen LogP contribution < -0.4 is 10.1 Å². The minimum Gasteiger partial charge on any atom is -0.492 e. The maximum atomic E-state index is 13.6. The summed E-state index contributed by atoms with van der Waals surface area (Å²) in [6.45, 7) is 2.77. The molecule has 2 rings (SSSR count). The van der Waals surface area contributed by atoms with Crippen molar-refractivity contribution in [2.24, 2.45) is 0 Å². The van der Waals surface area contributed by atoms with Crippen LogP contribution in [0.3, 0.4) is 0 Å². The van der Waals surface area contributed by atoms with E-state index < -0.39 is 0 Å². The lowest BCUT2D eigenvalue weighted by Crippen LogP contribution is -2.19. The molecule has 0 radical (unpaired) electrons. The molecule has 0 atom stereocenters. The van der Waals surface area contributed by atoms with Crippen LogP contribution in [-0.4, -0.2) is 32.1 Å². The molecular formula is C12H17FN2O. The van der Waals surface area contributed by atoms with E-state index in [1.54, 1.807) is 0 Å². The van der Waals surface area contributed by atoms with Crippen molar-refractivity contribution in [2.45, 2.75) is 13.1 Å². The summed E-state index contributed by atoms with van der Waals surface area (Å²) < 4.78 is 19.1. The Morgan fingerprint density at radius 2 is 2.19 bits per heavy atom. The molecule has 16 heavy (non-hydrogen) atoms. The lowest BCUT2D eigenvalue weighted by atomic mass is 10.1. The number of benzene rings is 1. The molecule has 0 amide bonds. The molecule has 0 aromatic heterocycles. The molecular weight excluding hydrogens is 207 g/mol. The van der Waals surface area contributed by atoms with E-state index in [0.29, 0.717) is 18.9 Å². The van der Waals surface area contributed by atoms with E-state index >= 15 is 0 Å². The lowest BCUT2D eigenvalue weighted by Gasteiger charge is -2.12. The van der Waals surface area contributed by atoms with Crippen LogP contribution in [0.15, 0.2) is 12.1 Å². The third-order valence-corrected chi connectivity index (χ3v) is 2.69. The average Bonchev–Trinajstić information content (AvgIpc) is 2.65. The molecule has 3 nitrogen and oxygen atoms in total. The van der Waals surface area contributed by atoms with Crippen molar-refractivity contribution in [1.82, 2.24) is 10.2 Å². The number of rotatable bonds is 4. The zero-order valence-electron chi connectivity index (χ0n) is 9.72. The molecule has 1 aliphatic rings. The maximum Gasteiger partial charge on any atom is 0.131 e. The Bertz CT molecular complexity index is 380. The normalized spacial score (nSPS) is 14.2. The van der Waals surface area contributed by atoms with Gasteiger partial charge in [0.1, 0.15) is 18.2 Å². The first-order valence-electron chi connectivity index (χ1n) is 5.46. The summed E-state index contributed by atoms with van der Waals surface area (Å²) in [7, 11) is 3.97. The molecule has 1 N–H and O–H groups in total. The number of nitrogens with zero attached hydrogens (tertiary/aromatic N) is 1. The van der Waals surface area contributed by atoms with Gasteiger partial charge in [0.2, 0.25) is 0 Å². The Morgan fingerprint density at radius 1 is 1.38 bits per heavy atom. The molecule has 0 spiro atoms. The summed E-state index contributed by atoms with van der Waals surface area (Å²) in [5, 5.41) is 3.13. The highest BCUT2D eigenvalue weighted by atomic mass is 19.1. The topological polar surface area (TPSA) is 24.5 Å². The monoisotopic (exact) mass is 224 g/mol. The van der Waals surface area contributed by atoms with Gasteiger partial charge in [0.25, 0.3) is 0 Å². The predicted octanol–water partition coefficient (Wildman–Crippen LogP) is 1.37. The standard InChI is InChI=1S/C12H17FN2O/c1-15(2)3-4-16-10-5-9-7-14-8-11(9)12(13)6-10/h5-6,14H,3-4,7-8H2,1-2H3. The summed E-state index contributed by atoms with van der Waals surface area (Å²) in [6, 6.07) is 3.40. The van der Waals surface area contributed by atoms with Gasteiger partial charge in [-0.15, -0.1) is 0 Å². The molecule has 1 aromatic rings. The third-order valence-electron chi connectivity index (χ3n) is 2.69. The number of ether oxygens (including phenoxy) is 1. The van der Waals surface area contributed by atoms with E-state index in [9.17, 15) is 4.39 Å². The highest BCUT2D eigenvalue weighted by molar-refractivity contribution is 5.39. The number of nitrogens with one attached hydrogen (secondary N) is 1. The highest BCUT2D eigenvalue weighted by Gasteiger charge is 2.16. The van der Waals surface area contributed by atoms with Crippen molar-refractivity contribution >= 4 is 0 Å². The van der Waals surface area contributed by atoms with Crippen molar-refractivity contribution in [1.29, 1.82) is 0 Å². The van der Waals surface area contributed by atoms with E-state index in [0.717, 1.165) is 24.2 Å². The van der Waals surface area contributed by atoms with Crippen LogP contribution in [0.2, 0.25) is 0 Å². The van der Waals surface area contributed by atoms with Crippen LogP contribution in [0.4, 0.5) is 4.39 Å². The quantitative estimate of drug-likeness (QED) is 0.836. The van der Waals surface area contributed by atoms with Crippen LogP contribution in [0.1, 0.15) is 11.1 Å². The number of halogens is 1. The Hall–Kier alpha value is -1.13. The molecule has 88 valence electrons. The molecule has 0 saturated carbocycles. The largest absolute Gasteiger partial charge is 0.492 e. The van der Waals surface area contributed by atoms with Crippen LogP contribution >= 0.6 is 0 Å². The van der Waals surface area contributed by atoms with Crippen molar-refractivity contribution in [3.63, 3.8) is 0 Å². The second-order valence-corrected chi connectivity index (χ2v) is 4.30. The summed E-state index contributed by atoms with van der Waals surface area (Å²) in [5.74, 6) is 0.462. The second kappa shape index (κ2) is 4.80. The molecule has 1 heterocycles. The Kier molecular flexibility index (Phi) is 3.41. The Balaban J connectivity index is 2.03. The van der Waals surface area contributed by atoms with E-state index in [2.05, 4.69) is 5.32 Å². The fraction of sp³-hybridized carbons (Fsp3) is 0.500. The molecule has 0 unspecified atom stereocenters. The van der Waals surface area contributed by atoms with E-state index in [-0.39, 0.29) is 5.82 Å². The van der Waals surface area contributed by atoms with Gasteiger partial charge in [0.05, 0.1) is 0 Å². The van der Waals surface area contributed by atoms with Gasteiger partial charge in [-0.05, 0) is 25.7 Å². The zero-order chi connectivity index (χ0) is 11.5. The van der Waals surface area contributed by atoms with Gasteiger partial charge in [0, 0.05) is 31.3 Å². The molecule has 1 aliphatic heterocycles. The van der Waals surface area contributed by atoms with Crippen LogP contribution in [0, 0.1) is 5.82 Å². The molecule has 0 aliphatic carbocycles. The zero-order valence-corrected chi connectivity index (χ0v) is 9.72. The summed E-state index contributed by atoms with van der Waals surface area (Å²) in [6.07, 6.45) is 0. The smallest absolute Gasteiger partial charge is 0.131 e. The summed E-state index contributed by atoms with van der Waals surface area (Å²) in [4.78, 5) is 2.03. The summed E-state index contributed by atoms with van der Waals surface area (Å²) in [5.41, 5.74) is 1.79. The van der Waals surface area contributed by atoms with Crippen LogP contribution in [0.5, 0.6) is 5.75 Å². The van der Waals surface area contributed by atoms with Gasteiger partial charge in [-0.2, -0.15) is 0 Å². The van der Waals surface area contributed by atoms with Gasteiger partial charge < -0.3 is 15.0 Å². The number of hydrogen-bond donors (Lipinski definition) is 1. The minimum absolute atomic E-state index is 0.164. The average molecular weight is 224 g/mol. The fourth-order valence-corrected chi connectivity index (χ4v) is 1.77. The molecule has 0 fully saturated rings. The first kappa shape index (κ1) is 11.4. The number of hydrogen-bond acceptors (Lipinski definition) is 3. The van der Waals surface area contributed by atoms with Gasteiger partial charge in [0.15, 0.2) is 0 Å². The molecule has 4 heteroatoms. The third kappa shape index (κ3) is 2.51.